The second-order valence-corrected chi connectivity index (χ2v) is 7.02. The summed E-state index contributed by atoms with van der Waals surface area (Å²) in [7, 11) is 0. The summed E-state index contributed by atoms with van der Waals surface area (Å²) in [5, 5.41) is 3.31. The second-order valence-electron chi connectivity index (χ2n) is 5.55. The standard InChI is InChI=1S/C16H17ClFN3OS/c1-11-19-13(10-23-11)9-20-4-6-21(7-5-20)16(22)14-3-2-12(18)8-15(14)17/h2-3,8,10H,4-7,9H2,1H3. The van der Waals surface area contributed by atoms with Gasteiger partial charge in [-0.1, -0.05) is 11.6 Å². The Morgan fingerprint density at radius 3 is 2.70 bits per heavy atom. The first-order valence-corrected chi connectivity index (χ1v) is 8.66. The third-order valence-electron chi connectivity index (χ3n) is 3.87. The lowest BCUT2D eigenvalue weighted by Gasteiger charge is -2.34. The lowest BCUT2D eigenvalue weighted by molar-refractivity contribution is 0.0627. The Labute approximate surface area is 143 Å². The number of piperazine rings is 1. The number of carbonyl (C=O) groups is 1. The average Bonchev–Trinajstić information content (AvgIpc) is 2.92. The predicted octanol–water partition coefficient (Wildman–Crippen LogP) is 3.20. The van der Waals surface area contributed by atoms with Crippen LogP contribution < -0.4 is 0 Å². The number of benzene rings is 1. The molecule has 2 heterocycles. The van der Waals surface area contributed by atoms with Crippen LogP contribution in [0.2, 0.25) is 5.02 Å². The van der Waals surface area contributed by atoms with Crippen molar-refractivity contribution in [1.29, 1.82) is 0 Å². The Hall–Kier alpha value is -1.50. The number of hydrogen-bond acceptors (Lipinski definition) is 4. The summed E-state index contributed by atoms with van der Waals surface area (Å²) in [5.74, 6) is -0.575. The number of rotatable bonds is 3. The number of halogens is 2. The lowest BCUT2D eigenvalue weighted by Crippen LogP contribution is -2.48. The smallest absolute Gasteiger partial charge is 0.255 e. The van der Waals surface area contributed by atoms with Gasteiger partial charge >= 0.3 is 0 Å². The van der Waals surface area contributed by atoms with Gasteiger partial charge in [-0.2, -0.15) is 0 Å². The van der Waals surface area contributed by atoms with Crippen molar-refractivity contribution in [1.82, 2.24) is 14.8 Å². The molecule has 1 aliphatic heterocycles. The van der Waals surface area contributed by atoms with Gasteiger partial charge in [0.15, 0.2) is 0 Å². The Bertz CT molecular complexity index is 713. The van der Waals surface area contributed by atoms with Crippen molar-refractivity contribution in [2.24, 2.45) is 0 Å². The van der Waals surface area contributed by atoms with Crippen LogP contribution in [0.4, 0.5) is 4.39 Å². The molecule has 1 aromatic heterocycles. The minimum absolute atomic E-state index is 0.140. The predicted molar refractivity (Wildman–Crippen MR) is 89.4 cm³/mol. The molecular weight excluding hydrogens is 337 g/mol. The molecule has 0 radical (unpaired) electrons. The molecule has 0 spiro atoms. The molecule has 4 nitrogen and oxygen atoms in total. The van der Waals surface area contributed by atoms with Gasteiger partial charge in [0, 0.05) is 38.1 Å². The summed E-state index contributed by atoms with van der Waals surface area (Å²) in [6, 6.07) is 3.89. The van der Waals surface area contributed by atoms with Gasteiger partial charge in [0.25, 0.3) is 5.91 Å². The molecular formula is C16H17ClFN3OS. The highest BCUT2D eigenvalue weighted by Gasteiger charge is 2.24. The molecule has 1 fully saturated rings. The van der Waals surface area contributed by atoms with E-state index in [2.05, 4.69) is 15.3 Å². The summed E-state index contributed by atoms with van der Waals surface area (Å²) in [6.45, 7) is 5.66. The fourth-order valence-electron chi connectivity index (χ4n) is 2.65. The number of amides is 1. The van der Waals surface area contributed by atoms with Crippen LogP contribution in [0.3, 0.4) is 0 Å². The largest absolute Gasteiger partial charge is 0.336 e. The van der Waals surface area contributed by atoms with Gasteiger partial charge < -0.3 is 4.90 Å². The van der Waals surface area contributed by atoms with Crippen molar-refractivity contribution in [3.05, 3.63) is 50.7 Å². The van der Waals surface area contributed by atoms with E-state index in [1.54, 1.807) is 16.2 Å². The molecule has 23 heavy (non-hydrogen) atoms. The molecule has 1 aliphatic rings. The topological polar surface area (TPSA) is 36.4 Å². The number of carbonyl (C=O) groups excluding carboxylic acids is 1. The minimum atomic E-state index is -0.435. The first kappa shape index (κ1) is 16.4. The van der Waals surface area contributed by atoms with Crippen molar-refractivity contribution >= 4 is 28.8 Å². The molecule has 1 aromatic carbocycles. The number of nitrogens with zero attached hydrogens (tertiary/aromatic N) is 3. The van der Waals surface area contributed by atoms with Crippen LogP contribution in [-0.4, -0.2) is 46.9 Å². The van der Waals surface area contributed by atoms with Gasteiger partial charge in [-0.3, -0.25) is 9.69 Å². The van der Waals surface area contributed by atoms with E-state index >= 15 is 0 Å². The van der Waals surface area contributed by atoms with Crippen molar-refractivity contribution in [3.8, 4) is 0 Å². The van der Waals surface area contributed by atoms with Gasteiger partial charge in [-0.15, -0.1) is 11.3 Å². The van der Waals surface area contributed by atoms with E-state index in [0.29, 0.717) is 18.7 Å². The Morgan fingerprint density at radius 1 is 1.35 bits per heavy atom. The molecule has 0 aliphatic carbocycles. The highest BCUT2D eigenvalue weighted by molar-refractivity contribution is 7.09. The second kappa shape index (κ2) is 6.95. The molecule has 0 bridgehead atoms. The van der Waals surface area contributed by atoms with E-state index in [1.165, 1.54) is 18.2 Å². The molecule has 122 valence electrons. The number of aromatic nitrogens is 1. The molecule has 2 aromatic rings. The van der Waals surface area contributed by atoms with E-state index in [0.717, 1.165) is 30.3 Å². The zero-order chi connectivity index (χ0) is 16.4. The maximum absolute atomic E-state index is 13.1. The fourth-order valence-corrected chi connectivity index (χ4v) is 3.50. The zero-order valence-electron chi connectivity index (χ0n) is 12.8. The molecule has 0 unspecified atom stereocenters. The van der Waals surface area contributed by atoms with Crippen molar-refractivity contribution < 1.29 is 9.18 Å². The monoisotopic (exact) mass is 353 g/mol. The maximum atomic E-state index is 13.1. The highest BCUT2D eigenvalue weighted by atomic mass is 35.5. The van der Waals surface area contributed by atoms with Crippen LogP contribution in [-0.2, 0) is 6.54 Å². The van der Waals surface area contributed by atoms with E-state index in [-0.39, 0.29) is 10.9 Å². The van der Waals surface area contributed by atoms with Crippen LogP contribution in [0, 0.1) is 12.7 Å². The SMILES string of the molecule is Cc1nc(CN2CCN(C(=O)c3ccc(F)cc3Cl)CC2)cs1. The van der Waals surface area contributed by atoms with Gasteiger partial charge in [0.2, 0.25) is 0 Å². The fraction of sp³-hybridized carbons (Fsp3) is 0.375. The van der Waals surface area contributed by atoms with Gasteiger partial charge in [-0.25, -0.2) is 9.37 Å². The molecule has 1 saturated heterocycles. The molecule has 7 heteroatoms. The van der Waals surface area contributed by atoms with Crippen molar-refractivity contribution in [3.63, 3.8) is 0 Å². The Kier molecular flexibility index (Phi) is 4.94. The van der Waals surface area contributed by atoms with Crippen molar-refractivity contribution in [2.75, 3.05) is 26.2 Å². The van der Waals surface area contributed by atoms with E-state index < -0.39 is 5.82 Å². The van der Waals surface area contributed by atoms with Gasteiger partial charge in [-0.05, 0) is 25.1 Å². The van der Waals surface area contributed by atoms with E-state index in [4.69, 9.17) is 11.6 Å². The molecule has 0 N–H and O–H groups in total. The van der Waals surface area contributed by atoms with Crippen molar-refractivity contribution in [2.45, 2.75) is 13.5 Å². The highest BCUT2D eigenvalue weighted by Crippen LogP contribution is 2.20. The van der Waals surface area contributed by atoms with Crippen LogP contribution in [0.15, 0.2) is 23.6 Å². The van der Waals surface area contributed by atoms with E-state index in [9.17, 15) is 9.18 Å². The summed E-state index contributed by atoms with van der Waals surface area (Å²) in [4.78, 5) is 21.0. The minimum Gasteiger partial charge on any atom is -0.336 e. The first-order valence-electron chi connectivity index (χ1n) is 7.40. The normalized spacial score (nSPS) is 15.9. The van der Waals surface area contributed by atoms with Gasteiger partial charge in [0.05, 0.1) is 21.3 Å². The van der Waals surface area contributed by atoms with E-state index in [1.807, 2.05) is 6.92 Å². The number of thiazole rings is 1. The third-order valence-corrected chi connectivity index (χ3v) is 5.01. The maximum Gasteiger partial charge on any atom is 0.255 e. The summed E-state index contributed by atoms with van der Waals surface area (Å²) in [5.41, 5.74) is 1.44. The summed E-state index contributed by atoms with van der Waals surface area (Å²) < 4.78 is 13.1. The molecule has 0 saturated carbocycles. The van der Waals surface area contributed by atoms with Crippen LogP contribution in [0.5, 0.6) is 0 Å². The van der Waals surface area contributed by atoms with Crippen LogP contribution in [0.1, 0.15) is 21.1 Å². The summed E-state index contributed by atoms with van der Waals surface area (Å²) >= 11 is 7.63. The van der Waals surface area contributed by atoms with Crippen LogP contribution >= 0.6 is 22.9 Å². The zero-order valence-corrected chi connectivity index (χ0v) is 14.3. The molecule has 3 rings (SSSR count). The number of aryl methyl sites for hydroxylation is 1. The quantitative estimate of drug-likeness (QED) is 0.850. The Balaban J connectivity index is 1.59. The summed E-state index contributed by atoms with van der Waals surface area (Å²) in [6.07, 6.45) is 0. The van der Waals surface area contributed by atoms with Gasteiger partial charge in [0.1, 0.15) is 5.82 Å². The molecule has 0 atom stereocenters. The first-order chi connectivity index (χ1) is 11.0. The van der Waals surface area contributed by atoms with Crippen LogP contribution in [0.25, 0.3) is 0 Å². The molecule has 1 amide bonds. The Morgan fingerprint density at radius 2 is 2.09 bits per heavy atom. The lowest BCUT2D eigenvalue weighted by atomic mass is 10.1. The average molecular weight is 354 g/mol. The number of hydrogen-bond donors (Lipinski definition) is 0. The third kappa shape index (κ3) is 3.88.